The van der Waals surface area contributed by atoms with E-state index in [4.69, 9.17) is 4.74 Å². The Morgan fingerprint density at radius 2 is 2.32 bits per heavy atom. The number of fused-ring (bicyclic) bond motifs is 1. The number of hydrogen-bond donors (Lipinski definition) is 1. The maximum absolute atomic E-state index is 10.8. The lowest BCUT2D eigenvalue weighted by molar-refractivity contribution is -0.384. The summed E-state index contributed by atoms with van der Waals surface area (Å²) in [6.07, 6.45) is 1.37. The Bertz CT molecular complexity index is 733. The minimum absolute atomic E-state index is 0.0148. The standard InChI is InChI=1S/C18H22N2O4S/c1-2-17-16-7-9-25-18(16)6-8-19(17)11-14(21)12-24-15-5-3-4-13(10-15)20(22)23/h3-5,7,9-10,14,17,21H,2,6,8,11-12H2,1H3/t14-,17+/m0/s1. The van der Waals surface area contributed by atoms with Crippen LogP contribution in [0.4, 0.5) is 5.69 Å². The number of nitro benzene ring substituents is 1. The molecule has 0 saturated carbocycles. The minimum Gasteiger partial charge on any atom is -0.491 e. The number of ether oxygens (including phenoxy) is 1. The molecule has 2 atom stereocenters. The van der Waals surface area contributed by atoms with Gasteiger partial charge in [-0.25, -0.2) is 0 Å². The number of β-amino-alcohol motifs (C(OH)–C–C–N with tert-alkyl or cyclic N) is 1. The van der Waals surface area contributed by atoms with Crippen molar-refractivity contribution in [3.05, 3.63) is 56.3 Å². The Morgan fingerprint density at radius 1 is 1.48 bits per heavy atom. The zero-order valence-corrected chi connectivity index (χ0v) is 14.9. The third-order valence-electron chi connectivity index (χ3n) is 4.51. The summed E-state index contributed by atoms with van der Waals surface area (Å²) in [5, 5.41) is 23.3. The van der Waals surface area contributed by atoms with Gasteiger partial charge >= 0.3 is 0 Å². The van der Waals surface area contributed by atoms with Gasteiger partial charge in [-0.3, -0.25) is 15.0 Å². The number of nitro groups is 1. The first-order valence-corrected chi connectivity index (χ1v) is 9.32. The molecule has 0 fully saturated rings. The zero-order valence-electron chi connectivity index (χ0n) is 14.1. The first-order valence-electron chi connectivity index (χ1n) is 8.44. The number of aliphatic hydroxyl groups is 1. The monoisotopic (exact) mass is 362 g/mol. The van der Waals surface area contributed by atoms with Gasteiger partial charge in [0.2, 0.25) is 0 Å². The summed E-state index contributed by atoms with van der Waals surface area (Å²) in [7, 11) is 0. The van der Waals surface area contributed by atoms with Crippen LogP contribution in [0.25, 0.3) is 0 Å². The first kappa shape index (κ1) is 17.8. The van der Waals surface area contributed by atoms with E-state index in [1.165, 1.54) is 22.6 Å². The zero-order chi connectivity index (χ0) is 17.8. The van der Waals surface area contributed by atoms with Crippen LogP contribution in [0.5, 0.6) is 5.75 Å². The summed E-state index contributed by atoms with van der Waals surface area (Å²) in [6, 6.07) is 8.55. The Labute approximate surface area is 150 Å². The van der Waals surface area contributed by atoms with Gasteiger partial charge in [0, 0.05) is 30.1 Å². The molecule has 0 aliphatic carbocycles. The molecule has 1 aliphatic heterocycles. The van der Waals surface area contributed by atoms with Crippen LogP contribution >= 0.6 is 11.3 Å². The first-order chi connectivity index (χ1) is 12.1. The molecule has 0 saturated heterocycles. The Kier molecular flexibility index (Phi) is 5.67. The molecule has 0 spiro atoms. The maximum Gasteiger partial charge on any atom is 0.273 e. The van der Waals surface area contributed by atoms with Crippen LogP contribution < -0.4 is 4.74 Å². The normalized spacial score (nSPS) is 18.6. The fraction of sp³-hybridized carbons (Fsp3) is 0.444. The van der Waals surface area contributed by atoms with Gasteiger partial charge in [0.15, 0.2) is 0 Å². The van der Waals surface area contributed by atoms with Crippen molar-refractivity contribution in [1.82, 2.24) is 4.90 Å². The minimum atomic E-state index is -0.645. The second-order valence-corrected chi connectivity index (χ2v) is 7.19. The van der Waals surface area contributed by atoms with Crippen molar-refractivity contribution in [2.45, 2.75) is 31.9 Å². The fourth-order valence-electron chi connectivity index (χ4n) is 3.35. The number of benzene rings is 1. The summed E-state index contributed by atoms with van der Waals surface area (Å²) in [5.41, 5.74) is 1.37. The average Bonchev–Trinajstić information content (AvgIpc) is 3.09. The van der Waals surface area contributed by atoms with Gasteiger partial charge in [-0.05, 0) is 35.9 Å². The van der Waals surface area contributed by atoms with Crippen molar-refractivity contribution in [1.29, 1.82) is 0 Å². The second kappa shape index (κ2) is 7.95. The number of nitrogens with zero attached hydrogens (tertiary/aromatic N) is 2. The molecule has 2 aromatic rings. The summed E-state index contributed by atoms with van der Waals surface area (Å²) < 4.78 is 5.54. The average molecular weight is 362 g/mol. The van der Waals surface area contributed by atoms with E-state index in [2.05, 4.69) is 23.3 Å². The van der Waals surface area contributed by atoms with Gasteiger partial charge in [0.05, 0.1) is 11.0 Å². The molecule has 1 aromatic heterocycles. The molecule has 6 nitrogen and oxygen atoms in total. The Morgan fingerprint density at radius 3 is 3.08 bits per heavy atom. The molecular formula is C18H22N2O4S. The van der Waals surface area contributed by atoms with Gasteiger partial charge in [0.1, 0.15) is 18.5 Å². The van der Waals surface area contributed by atoms with Crippen LogP contribution in [0.1, 0.15) is 29.8 Å². The Balaban J connectivity index is 1.57. The van der Waals surface area contributed by atoms with Crippen molar-refractivity contribution >= 4 is 17.0 Å². The number of thiophene rings is 1. The topological polar surface area (TPSA) is 75.8 Å². The van der Waals surface area contributed by atoms with E-state index in [0.717, 1.165) is 19.4 Å². The van der Waals surface area contributed by atoms with Crippen molar-refractivity contribution in [3.8, 4) is 5.75 Å². The maximum atomic E-state index is 10.8. The number of hydrogen-bond acceptors (Lipinski definition) is 6. The van der Waals surface area contributed by atoms with Gasteiger partial charge < -0.3 is 9.84 Å². The van der Waals surface area contributed by atoms with E-state index in [0.29, 0.717) is 18.3 Å². The van der Waals surface area contributed by atoms with Gasteiger partial charge in [-0.2, -0.15) is 0 Å². The van der Waals surface area contributed by atoms with Gasteiger partial charge in [-0.15, -0.1) is 11.3 Å². The van der Waals surface area contributed by atoms with Crippen molar-refractivity contribution < 1.29 is 14.8 Å². The second-order valence-electron chi connectivity index (χ2n) is 6.19. The van der Waals surface area contributed by atoms with E-state index in [-0.39, 0.29) is 12.3 Å². The highest BCUT2D eigenvalue weighted by Gasteiger charge is 2.28. The number of non-ortho nitro benzene ring substituents is 1. The molecule has 0 bridgehead atoms. The lowest BCUT2D eigenvalue weighted by Gasteiger charge is -2.36. The molecule has 3 rings (SSSR count). The quantitative estimate of drug-likeness (QED) is 0.603. The van der Waals surface area contributed by atoms with Crippen LogP contribution in [0.3, 0.4) is 0 Å². The largest absolute Gasteiger partial charge is 0.491 e. The lowest BCUT2D eigenvalue weighted by atomic mass is 9.97. The highest BCUT2D eigenvalue weighted by Crippen LogP contribution is 2.35. The van der Waals surface area contributed by atoms with Crippen LogP contribution in [0, 0.1) is 10.1 Å². The van der Waals surface area contributed by atoms with Crippen molar-refractivity contribution in [2.75, 3.05) is 19.7 Å². The summed E-state index contributed by atoms with van der Waals surface area (Å²) >= 11 is 1.81. The Hall–Kier alpha value is -1.96. The predicted octanol–water partition coefficient (Wildman–Crippen LogP) is 3.41. The molecule has 1 N–H and O–H groups in total. The summed E-state index contributed by atoms with van der Waals surface area (Å²) in [4.78, 5) is 14.1. The SMILES string of the molecule is CC[C@@H]1c2ccsc2CCN1C[C@H](O)COc1cccc([N+](=O)[O-])c1. The van der Waals surface area contributed by atoms with E-state index in [1.54, 1.807) is 12.1 Å². The van der Waals surface area contributed by atoms with Crippen LogP contribution in [-0.4, -0.2) is 40.7 Å². The third-order valence-corrected chi connectivity index (χ3v) is 5.51. The molecule has 2 heterocycles. The van der Waals surface area contributed by atoms with E-state index >= 15 is 0 Å². The number of rotatable bonds is 7. The van der Waals surface area contributed by atoms with Crippen molar-refractivity contribution in [3.63, 3.8) is 0 Å². The highest BCUT2D eigenvalue weighted by atomic mass is 32.1. The van der Waals surface area contributed by atoms with E-state index < -0.39 is 11.0 Å². The molecule has 0 amide bonds. The van der Waals surface area contributed by atoms with Crippen LogP contribution in [0.2, 0.25) is 0 Å². The highest BCUT2D eigenvalue weighted by molar-refractivity contribution is 7.10. The van der Waals surface area contributed by atoms with Crippen LogP contribution in [0.15, 0.2) is 35.7 Å². The third kappa shape index (κ3) is 4.18. The van der Waals surface area contributed by atoms with E-state index in [1.807, 2.05) is 11.3 Å². The summed E-state index contributed by atoms with van der Waals surface area (Å²) in [5.74, 6) is 0.402. The lowest BCUT2D eigenvalue weighted by Crippen LogP contribution is -2.41. The summed E-state index contributed by atoms with van der Waals surface area (Å²) in [6.45, 7) is 3.74. The molecule has 25 heavy (non-hydrogen) atoms. The molecule has 0 unspecified atom stereocenters. The van der Waals surface area contributed by atoms with Gasteiger partial charge in [0.25, 0.3) is 5.69 Å². The molecular weight excluding hydrogens is 340 g/mol. The predicted molar refractivity (Wildman–Crippen MR) is 97.2 cm³/mol. The number of aliphatic hydroxyl groups excluding tert-OH is 1. The van der Waals surface area contributed by atoms with Gasteiger partial charge in [-0.1, -0.05) is 13.0 Å². The van der Waals surface area contributed by atoms with Crippen molar-refractivity contribution in [2.24, 2.45) is 0 Å². The molecule has 0 radical (unpaired) electrons. The van der Waals surface area contributed by atoms with Crippen LogP contribution in [-0.2, 0) is 6.42 Å². The fourth-order valence-corrected chi connectivity index (χ4v) is 4.28. The molecule has 7 heteroatoms. The van der Waals surface area contributed by atoms with E-state index in [9.17, 15) is 15.2 Å². The molecule has 1 aliphatic rings. The molecule has 1 aromatic carbocycles. The smallest absolute Gasteiger partial charge is 0.273 e. The molecule has 134 valence electrons.